The minimum Gasteiger partial charge on any atom is -0.370 e. The van der Waals surface area contributed by atoms with Crippen LogP contribution >= 0.6 is 0 Å². The second-order valence-electron chi connectivity index (χ2n) is 5.60. The molecular weight excluding hydrogens is 314 g/mol. The van der Waals surface area contributed by atoms with Gasteiger partial charge in [0.1, 0.15) is 5.52 Å². The van der Waals surface area contributed by atoms with Crippen molar-refractivity contribution in [2.45, 2.75) is 26.3 Å². The molecule has 1 aromatic carbocycles. The second-order valence-corrected chi connectivity index (χ2v) is 5.60. The number of amides is 1. The van der Waals surface area contributed by atoms with E-state index in [-0.39, 0.29) is 17.9 Å². The Kier molecular flexibility index (Phi) is 4.24. The number of aryl methyl sites for hydroxylation is 2. The van der Waals surface area contributed by atoms with E-state index in [1.807, 2.05) is 6.92 Å². The number of nitrogens with two attached hydrogens (primary N) is 1. The van der Waals surface area contributed by atoms with E-state index in [4.69, 9.17) is 5.73 Å². The Morgan fingerprint density at radius 1 is 1.33 bits per heavy atom. The van der Waals surface area contributed by atoms with E-state index in [2.05, 4.69) is 10.1 Å². The van der Waals surface area contributed by atoms with Gasteiger partial charge in [0, 0.05) is 18.5 Å². The Labute approximate surface area is 137 Å². The zero-order chi connectivity index (χ0) is 17.3. The highest BCUT2D eigenvalue weighted by atomic mass is 19.2. The normalized spacial score (nSPS) is 11.1. The molecule has 0 aliphatic rings. The number of halogens is 2. The summed E-state index contributed by atoms with van der Waals surface area (Å²) in [5, 5.41) is 4.26. The number of carbonyl (C=O) groups excluding carboxylic acids is 1. The Morgan fingerprint density at radius 2 is 2.12 bits per heavy atom. The van der Waals surface area contributed by atoms with Gasteiger partial charge >= 0.3 is 0 Å². The van der Waals surface area contributed by atoms with Crippen molar-refractivity contribution in [1.29, 1.82) is 0 Å². The number of rotatable bonds is 5. The molecule has 0 aliphatic heterocycles. The van der Waals surface area contributed by atoms with Crippen LogP contribution in [0.1, 0.15) is 18.4 Å². The third-order valence-electron chi connectivity index (χ3n) is 3.81. The fourth-order valence-electron chi connectivity index (χ4n) is 2.71. The molecule has 5 nitrogen and oxygen atoms in total. The maximum Gasteiger partial charge on any atom is 0.217 e. The van der Waals surface area contributed by atoms with Gasteiger partial charge in [-0.15, -0.1) is 0 Å². The SMILES string of the molecule is Cc1cc(-c2cccc(F)c2F)nc2cnn(CCCC(N)=O)c12. The maximum atomic E-state index is 14.0. The number of hydrogen-bond donors (Lipinski definition) is 1. The first-order chi connectivity index (χ1) is 11.5. The molecule has 24 heavy (non-hydrogen) atoms. The Morgan fingerprint density at radius 3 is 2.88 bits per heavy atom. The molecule has 3 aromatic rings. The molecule has 2 N–H and O–H groups in total. The fraction of sp³-hybridized carbons (Fsp3) is 0.235. The summed E-state index contributed by atoms with van der Waals surface area (Å²) in [6.45, 7) is 2.39. The first-order valence-corrected chi connectivity index (χ1v) is 7.53. The van der Waals surface area contributed by atoms with Gasteiger partial charge in [0.2, 0.25) is 5.91 Å². The van der Waals surface area contributed by atoms with Gasteiger partial charge in [-0.25, -0.2) is 13.8 Å². The number of pyridine rings is 1. The van der Waals surface area contributed by atoms with E-state index < -0.39 is 11.6 Å². The smallest absolute Gasteiger partial charge is 0.217 e. The topological polar surface area (TPSA) is 73.8 Å². The monoisotopic (exact) mass is 330 g/mol. The van der Waals surface area contributed by atoms with Crippen LogP contribution in [0.25, 0.3) is 22.3 Å². The number of fused-ring (bicyclic) bond motifs is 1. The number of primary amides is 1. The molecule has 2 aromatic heterocycles. The van der Waals surface area contributed by atoms with Crippen LogP contribution in [-0.4, -0.2) is 20.7 Å². The van der Waals surface area contributed by atoms with Gasteiger partial charge in [-0.3, -0.25) is 9.48 Å². The molecule has 0 fully saturated rings. The molecule has 3 rings (SSSR count). The number of benzene rings is 1. The van der Waals surface area contributed by atoms with Crippen molar-refractivity contribution in [3.05, 3.63) is 47.7 Å². The lowest BCUT2D eigenvalue weighted by atomic mass is 10.1. The van der Waals surface area contributed by atoms with E-state index in [0.717, 1.165) is 17.1 Å². The average Bonchev–Trinajstić information content (AvgIpc) is 2.93. The largest absolute Gasteiger partial charge is 0.370 e. The van der Waals surface area contributed by atoms with Gasteiger partial charge in [0.05, 0.1) is 17.4 Å². The van der Waals surface area contributed by atoms with Crippen molar-refractivity contribution in [1.82, 2.24) is 14.8 Å². The molecule has 0 bridgehead atoms. The summed E-state index contributed by atoms with van der Waals surface area (Å²) in [6, 6.07) is 5.71. The molecule has 0 spiro atoms. The molecule has 0 aliphatic carbocycles. The van der Waals surface area contributed by atoms with Crippen molar-refractivity contribution >= 4 is 16.9 Å². The van der Waals surface area contributed by atoms with Gasteiger partial charge in [-0.2, -0.15) is 5.10 Å². The van der Waals surface area contributed by atoms with Gasteiger partial charge in [0.25, 0.3) is 0 Å². The summed E-state index contributed by atoms with van der Waals surface area (Å²) in [5.74, 6) is -2.18. The van der Waals surface area contributed by atoms with Gasteiger partial charge < -0.3 is 5.73 Å². The van der Waals surface area contributed by atoms with Crippen LogP contribution in [0.15, 0.2) is 30.5 Å². The second kappa shape index (κ2) is 6.35. The summed E-state index contributed by atoms with van der Waals surface area (Å²) >= 11 is 0. The third-order valence-corrected chi connectivity index (χ3v) is 3.81. The van der Waals surface area contributed by atoms with Crippen LogP contribution < -0.4 is 5.73 Å². The quantitative estimate of drug-likeness (QED) is 0.781. The molecule has 2 heterocycles. The van der Waals surface area contributed by atoms with E-state index in [1.165, 1.54) is 12.1 Å². The number of carbonyl (C=O) groups is 1. The summed E-state index contributed by atoms with van der Waals surface area (Å²) in [5.41, 5.74) is 7.84. The van der Waals surface area contributed by atoms with Crippen LogP contribution in [0.2, 0.25) is 0 Å². The molecule has 0 saturated heterocycles. The van der Waals surface area contributed by atoms with Crippen LogP contribution in [0, 0.1) is 18.6 Å². The Bertz CT molecular complexity index is 920. The van der Waals surface area contributed by atoms with Crippen molar-refractivity contribution in [2.24, 2.45) is 5.73 Å². The first kappa shape index (κ1) is 16.0. The third kappa shape index (κ3) is 2.97. The highest BCUT2D eigenvalue weighted by Crippen LogP contribution is 2.27. The summed E-state index contributed by atoms with van der Waals surface area (Å²) in [4.78, 5) is 15.2. The van der Waals surface area contributed by atoms with Gasteiger partial charge in [-0.1, -0.05) is 6.07 Å². The Balaban J connectivity index is 2.00. The molecular formula is C17H16F2N4O. The van der Waals surface area contributed by atoms with Crippen LogP contribution in [0.5, 0.6) is 0 Å². The van der Waals surface area contributed by atoms with Gasteiger partial charge in [0.15, 0.2) is 11.6 Å². The van der Waals surface area contributed by atoms with E-state index in [1.54, 1.807) is 16.9 Å². The molecule has 124 valence electrons. The molecule has 0 unspecified atom stereocenters. The average molecular weight is 330 g/mol. The maximum absolute atomic E-state index is 14.0. The molecule has 1 amide bonds. The summed E-state index contributed by atoms with van der Waals surface area (Å²) in [7, 11) is 0. The van der Waals surface area contributed by atoms with Crippen molar-refractivity contribution in [3.8, 4) is 11.3 Å². The zero-order valence-electron chi connectivity index (χ0n) is 13.1. The number of nitrogens with zero attached hydrogens (tertiary/aromatic N) is 3. The summed E-state index contributed by atoms with van der Waals surface area (Å²) < 4.78 is 29.2. The van der Waals surface area contributed by atoms with E-state index >= 15 is 0 Å². The number of hydrogen-bond acceptors (Lipinski definition) is 3. The minimum absolute atomic E-state index is 0.112. The van der Waals surface area contributed by atoms with Crippen LogP contribution in [0.4, 0.5) is 8.78 Å². The lowest BCUT2D eigenvalue weighted by Crippen LogP contribution is -2.12. The first-order valence-electron chi connectivity index (χ1n) is 7.53. The predicted octanol–water partition coefficient (Wildman–Crippen LogP) is 2.95. The van der Waals surface area contributed by atoms with Gasteiger partial charge in [-0.05, 0) is 37.1 Å². The minimum atomic E-state index is -0.919. The lowest BCUT2D eigenvalue weighted by Gasteiger charge is -2.08. The molecule has 0 saturated carbocycles. The summed E-state index contributed by atoms with van der Waals surface area (Å²) in [6.07, 6.45) is 2.43. The van der Waals surface area contributed by atoms with Crippen LogP contribution in [-0.2, 0) is 11.3 Å². The van der Waals surface area contributed by atoms with Crippen LogP contribution in [0.3, 0.4) is 0 Å². The van der Waals surface area contributed by atoms with Crippen molar-refractivity contribution < 1.29 is 13.6 Å². The van der Waals surface area contributed by atoms with E-state index in [9.17, 15) is 13.6 Å². The molecule has 0 radical (unpaired) electrons. The standard InChI is InChI=1S/C17H16F2N4O/c1-10-8-13(11-4-2-5-12(18)16(11)19)22-14-9-21-23(17(10)14)7-3-6-15(20)24/h2,4-5,8-9H,3,6-7H2,1H3,(H2,20,24). The fourth-order valence-corrected chi connectivity index (χ4v) is 2.71. The highest BCUT2D eigenvalue weighted by molar-refractivity contribution is 5.81. The lowest BCUT2D eigenvalue weighted by molar-refractivity contribution is -0.118. The predicted molar refractivity (Wildman–Crippen MR) is 86.0 cm³/mol. The zero-order valence-corrected chi connectivity index (χ0v) is 13.1. The highest BCUT2D eigenvalue weighted by Gasteiger charge is 2.15. The Hall–Kier alpha value is -2.83. The van der Waals surface area contributed by atoms with E-state index in [0.29, 0.717) is 24.2 Å². The van der Waals surface area contributed by atoms with Crippen molar-refractivity contribution in [2.75, 3.05) is 0 Å². The number of aromatic nitrogens is 3. The molecule has 7 heteroatoms. The van der Waals surface area contributed by atoms with Crippen molar-refractivity contribution in [3.63, 3.8) is 0 Å². The molecule has 0 atom stereocenters.